The highest BCUT2D eigenvalue weighted by Gasteiger charge is 2.14. The number of rotatable bonds is 4. The van der Waals surface area contributed by atoms with E-state index in [4.69, 9.17) is 16.3 Å². The first-order valence-electron chi connectivity index (χ1n) is 6.18. The highest BCUT2D eigenvalue weighted by Crippen LogP contribution is 2.26. The van der Waals surface area contributed by atoms with Crippen molar-refractivity contribution in [3.05, 3.63) is 42.5 Å². The molecule has 0 N–H and O–H groups in total. The van der Waals surface area contributed by atoms with Crippen molar-refractivity contribution in [2.24, 2.45) is 0 Å². The average Bonchev–Trinajstić information content (AvgIpc) is 2.46. The lowest BCUT2D eigenvalue weighted by molar-refractivity contribution is 0.155. The fourth-order valence-electron chi connectivity index (χ4n) is 1.91. The number of fused-ring (bicyclic) bond motifs is 1. The van der Waals surface area contributed by atoms with E-state index in [1.165, 1.54) is 4.90 Å². The third kappa shape index (κ3) is 3.18. The van der Waals surface area contributed by atoms with E-state index in [0.717, 1.165) is 16.5 Å². The van der Waals surface area contributed by atoms with Crippen LogP contribution < -0.4 is 4.90 Å². The molecular weight excluding hydrogens is 262 g/mol. The molecule has 0 aromatic heterocycles. The Bertz CT molecular complexity index is 566. The molecule has 2 aromatic carbocycles. The standard InChI is InChI=1S/C15H16ClNO2/c1-17(15(18)19-11-5-10-16)14-9-4-7-12-6-2-3-8-13(12)14/h2-4,6-9H,5,10-11H2,1H3. The first kappa shape index (κ1) is 13.7. The molecule has 0 unspecified atom stereocenters. The molecule has 0 atom stereocenters. The predicted molar refractivity (Wildman–Crippen MR) is 79.0 cm³/mol. The lowest BCUT2D eigenvalue weighted by Crippen LogP contribution is -2.27. The molecule has 4 heteroatoms. The zero-order valence-electron chi connectivity index (χ0n) is 10.8. The Hall–Kier alpha value is -1.74. The van der Waals surface area contributed by atoms with E-state index in [-0.39, 0.29) is 6.09 Å². The first-order chi connectivity index (χ1) is 9.24. The molecule has 2 rings (SSSR count). The summed E-state index contributed by atoms with van der Waals surface area (Å²) >= 11 is 5.55. The molecule has 0 saturated heterocycles. The van der Waals surface area contributed by atoms with Crippen LogP contribution in [0.15, 0.2) is 42.5 Å². The number of hydrogen-bond acceptors (Lipinski definition) is 2. The summed E-state index contributed by atoms with van der Waals surface area (Å²) in [6.07, 6.45) is 0.304. The number of alkyl halides is 1. The minimum atomic E-state index is -0.360. The van der Waals surface area contributed by atoms with Crippen LogP contribution >= 0.6 is 11.6 Å². The number of ether oxygens (including phenoxy) is 1. The van der Waals surface area contributed by atoms with Gasteiger partial charge in [-0.3, -0.25) is 4.90 Å². The molecule has 19 heavy (non-hydrogen) atoms. The largest absolute Gasteiger partial charge is 0.449 e. The number of hydrogen-bond donors (Lipinski definition) is 0. The van der Waals surface area contributed by atoms with Crippen LogP contribution in [0.3, 0.4) is 0 Å². The van der Waals surface area contributed by atoms with E-state index < -0.39 is 0 Å². The second-order valence-corrected chi connectivity index (χ2v) is 4.59. The number of halogens is 1. The molecule has 0 bridgehead atoms. The van der Waals surface area contributed by atoms with Gasteiger partial charge in [-0.05, 0) is 17.9 Å². The Morgan fingerprint density at radius 2 is 1.95 bits per heavy atom. The van der Waals surface area contributed by atoms with Crippen LogP contribution in [0.25, 0.3) is 10.8 Å². The van der Waals surface area contributed by atoms with E-state index in [1.807, 2.05) is 42.5 Å². The van der Waals surface area contributed by atoms with Gasteiger partial charge >= 0.3 is 6.09 Å². The van der Waals surface area contributed by atoms with Gasteiger partial charge in [0.05, 0.1) is 12.3 Å². The van der Waals surface area contributed by atoms with Gasteiger partial charge in [0.25, 0.3) is 0 Å². The second-order valence-electron chi connectivity index (χ2n) is 4.21. The Labute approximate surface area is 117 Å². The van der Waals surface area contributed by atoms with Crippen LogP contribution in [0.5, 0.6) is 0 Å². The van der Waals surface area contributed by atoms with Crippen LogP contribution in [0.1, 0.15) is 6.42 Å². The summed E-state index contributed by atoms with van der Waals surface area (Å²) in [5.74, 6) is 0.491. The molecule has 3 nitrogen and oxygen atoms in total. The van der Waals surface area contributed by atoms with Gasteiger partial charge in [0.15, 0.2) is 0 Å². The summed E-state index contributed by atoms with van der Waals surface area (Å²) in [7, 11) is 1.71. The molecule has 100 valence electrons. The van der Waals surface area contributed by atoms with Gasteiger partial charge < -0.3 is 4.74 Å². The van der Waals surface area contributed by atoms with E-state index in [2.05, 4.69) is 0 Å². The zero-order valence-corrected chi connectivity index (χ0v) is 11.6. The van der Waals surface area contributed by atoms with Crippen LogP contribution in [-0.4, -0.2) is 25.6 Å². The highest BCUT2D eigenvalue weighted by molar-refractivity contribution is 6.17. The zero-order chi connectivity index (χ0) is 13.7. The smallest absolute Gasteiger partial charge is 0.414 e. The lowest BCUT2D eigenvalue weighted by Gasteiger charge is -2.18. The van der Waals surface area contributed by atoms with Crippen LogP contribution in [0.4, 0.5) is 10.5 Å². The van der Waals surface area contributed by atoms with E-state index in [0.29, 0.717) is 18.9 Å². The number of anilines is 1. The summed E-state index contributed by atoms with van der Waals surface area (Å²) in [6.45, 7) is 0.345. The molecule has 1 amide bonds. The lowest BCUT2D eigenvalue weighted by atomic mass is 10.1. The average molecular weight is 278 g/mol. The maximum absolute atomic E-state index is 11.9. The first-order valence-corrected chi connectivity index (χ1v) is 6.71. The molecule has 0 radical (unpaired) electrons. The molecule has 0 heterocycles. The van der Waals surface area contributed by atoms with Gasteiger partial charge in [0.2, 0.25) is 0 Å². The van der Waals surface area contributed by atoms with Crippen molar-refractivity contribution < 1.29 is 9.53 Å². The number of carbonyl (C=O) groups excluding carboxylic acids is 1. The Morgan fingerprint density at radius 1 is 1.21 bits per heavy atom. The molecule has 0 saturated carbocycles. The van der Waals surface area contributed by atoms with Crippen LogP contribution in [0, 0.1) is 0 Å². The summed E-state index contributed by atoms with van der Waals surface area (Å²) in [6, 6.07) is 13.8. The van der Waals surface area contributed by atoms with Crippen LogP contribution in [0.2, 0.25) is 0 Å². The van der Waals surface area contributed by atoms with Gasteiger partial charge in [-0.15, -0.1) is 11.6 Å². The normalized spacial score (nSPS) is 10.4. The Kier molecular flexibility index (Phi) is 4.63. The summed E-state index contributed by atoms with van der Waals surface area (Å²) < 4.78 is 5.15. The SMILES string of the molecule is CN(C(=O)OCCCCl)c1cccc2ccccc12. The van der Waals surface area contributed by atoms with Gasteiger partial charge in [0.1, 0.15) is 0 Å². The minimum absolute atomic E-state index is 0.345. The molecule has 2 aromatic rings. The van der Waals surface area contributed by atoms with Gasteiger partial charge in [-0.2, -0.15) is 0 Å². The van der Waals surface area contributed by atoms with Gasteiger partial charge in [-0.25, -0.2) is 4.79 Å². The third-order valence-electron chi connectivity index (χ3n) is 2.91. The monoisotopic (exact) mass is 277 g/mol. The van der Waals surface area contributed by atoms with Gasteiger partial charge in [-0.1, -0.05) is 36.4 Å². The molecule has 0 fully saturated rings. The number of carbonyl (C=O) groups is 1. The van der Waals surface area contributed by atoms with Crippen molar-refractivity contribution in [3.8, 4) is 0 Å². The number of amides is 1. The molecule has 0 aliphatic heterocycles. The summed E-state index contributed by atoms with van der Waals surface area (Å²) in [5.41, 5.74) is 0.842. The maximum Gasteiger partial charge on any atom is 0.414 e. The second kappa shape index (κ2) is 6.43. The Morgan fingerprint density at radius 3 is 2.74 bits per heavy atom. The maximum atomic E-state index is 11.9. The van der Waals surface area contributed by atoms with E-state index >= 15 is 0 Å². The molecule has 0 spiro atoms. The Balaban J connectivity index is 2.21. The van der Waals surface area contributed by atoms with Crippen molar-refractivity contribution in [1.82, 2.24) is 0 Å². The van der Waals surface area contributed by atoms with Crippen molar-refractivity contribution >= 4 is 34.2 Å². The quantitative estimate of drug-likeness (QED) is 0.623. The van der Waals surface area contributed by atoms with E-state index in [1.54, 1.807) is 7.05 Å². The van der Waals surface area contributed by atoms with Crippen molar-refractivity contribution in [2.75, 3.05) is 24.4 Å². The van der Waals surface area contributed by atoms with E-state index in [9.17, 15) is 4.79 Å². The highest BCUT2D eigenvalue weighted by atomic mass is 35.5. The summed E-state index contributed by atoms with van der Waals surface area (Å²) in [4.78, 5) is 13.4. The predicted octanol–water partition coefficient (Wildman–Crippen LogP) is 4.04. The minimum Gasteiger partial charge on any atom is -0.449 e. The topological polar surface area (TPSA) is 29.5 Å². The molecular formula is C15H16ClNO2. The molecule has 0 aliphatic rings. The number of benzene rings is 2. The third-order valence-corrected chi connectivity index (χ3v) is 3.17. The fraction of sp³-hybridized carbons (Fsp3) is 0.267. The number of nitrogens with zero attached hydrogens (tertiary/aromatic N) is 1. The summed E-state index contributed by atoms with van der Waals surface area (Å²) in [5, 5.41) is 2.13. The van der Waals surface area contributed by atoms with Crippen molar-refractivity contribution in [1.29, 1.82) is 0 Å². The fourth-order valence-corrected chi connectivity index (χ4v) is 2.02. The van der Waals surface area contributed by atoms with Gasteiger partial charge in [0, 0.05) is 18.3 Å². The van der Waals surface area contributed by atoms with Crippen LogP contribution in [-0.2, 0) is 4.74 Å². The molecule has 0 aliphatic carbocycles. The van der Waals surface area contributed by atoms with Crippen molar-refractivity contribution in [3.63, 3.8) is 0 Å². The van der Waals surface area contributed by atoms with Crippen molar-refractivity contribution in [2.45, 2.75) is 6.42 Å².